The molecule has 1 heterocycles. The number of rotatable bonds is 7. The van der Waals surface area contributed by atoms with Gasteiger partial charge in [-0.3, -0.25) is 4.98 Å². The first-order chi connectivity index (χ1) is 7.38. The van der Waals surface area contributed by atoms with Crippen LogP contribution in [0.25, 0.3) is 0 Å². The average molecular weight is 207 g/mol. The average Bonchev–Trinajstić information content (AvgIpc) is 2.28. The van der Waals surface area contributed by atoms with Crippen LogP contribution in [0.15, 0.2) is 18.3 Å². The molecule has 2 heteroatoms. The van der Waals surface area contributed by atoms with Crippen molar-refractivity contribution in [2.45, 2.75) is 46.0 Å². The highest BCUT2D eigenvalue weighted by molar-refractivity contribution is 5.26. The summed E-state index contributed by atoms with van der Waals surface area (Å²) in [5.74, 6) is 0.972. The van der Waals surface area contributed by atoms with Gasteiger partial charge in [-0.25, -0.2) is 0 Å². The zero-order valence-electron chi connectivity index (χ0n) is 9.83. The molecule has 0 amide bonds. The first-order valence-corrected chi connectivity index (χ1v) is 5.95. The van der Waals surface area contributed by atoms with E-state index in [-0.39, 0.29) is 0 Å². The lowest BCUT2D eigenvalue weighted by molar-refractivity contribution is 0.304. The third kappa shape index (κ3) is 4.32. The van der Waals surface area contributed by atoms with Crippen molar-refractivity contribution in [3.63, 3.8) is 0 Å². The van der Waals surface area contributed by atoms with Gasteiger partial charge in [0.1, 0.15) is 5.75 Å². The van der Waals surface area contributed by atoms with E-state index in [4.69, 9.17) is 4.74 Å². The van der Waals surface area contributed by atoms with E-state index in [0.717, 1.165) is 30.9 Å². The van der Waals surface area contributed by atoms with Crippen molar-refractivity contribution < 1.29 is 4.74 Å². The Labute approximate surface area is 92.7 Å². The topological polar surface area (TPSA) is 22.1 Å². The number of aryl methyl sites for hydroxylation is 1. The maximum absolute atomic E-state index is 5.71. The third-order valence-corrected chi connectivity index (χ3v) is 2.37. The molecule has 0 aliphatic heterocycles. The van der Waals surface area contributed by atoms with Crippen molar-refractivity contribution in [3.05, 3.63) is 24.0 Å². The van der Waals surface area contributed by atoms with Crippen molar-refractivity contribution in [1.82, 2.24) is 4.98 Å². The number of unbranched alkanes of at least 4 members (excludes halogenated alkanes) is 2. The highest BCUT2D eigenvalue weighted by atomic mass is 16.5. The monoisotopic (exact) mass is 207 g/mol. The van der Waals surface area contributed by atoms with Gasteiger partial charge in [0.05, 0.1) is 12.3 Å². The van der Waals surface area contributed by atoms with Crippen LogP contribution in [0.2, 0.25) is 0 Å². The van der Waals surface area contributed by atoms with E-state index in [1.165, 1.54) is 19.3 Å². The number of hydrogen-bond donors (Lipinski definition) is 0. The number of aromatic nitrogens is 1. The van der Waals surface area contributed by atoms with Gasteiger partial charge < -0.3 is 4.74 Å². The molecule has 0 bridgehead atoms. The summed E-state index contributed by atoms with van der Waals surface area (Å²) in [6, 6.07) is 3.96. The van der Waals surface area contributed by atoms with Crippen LogP contribution >= 0.6 is 0 Å². The second-order valence-corrected chi connectivity index (χ2v) is 3.75. The van der Waals surface area contributed by atoms with Crippen LogP contribution < -0.4 is 4.74 Å². The summed E-state index contributed by atoms with van der Waals surface area (Å²) in [4.78, 5) is 4.37. The molecule has 0 aliphatic carbocycles. The lowest BCUT2D eigenvalue weighted by Crippen LogP contribution is -2.01. The van der Waals surface area contributed by atoms with Gasteiger partial charge in [0.25, 0.3) is 0 Å². The largest absolute Gasteiger partial charge is 0.492 e. The van der Waals surface area contributed by atoms with Gasteiger partial charge in [-0.1, -0.05) is 26.7 Å². The standard InChI is InChI=1S/C13H21NO/c1-3-5-8-12-13(9-7-10-14-12)15-11-6-4-2/h7,9-10H,3-6,8,11H2,1-2H3. The van der Waals surface area contributed by atoms with Crippen LogP contribution in [-0.4, -0.2) is 11.6 Å². The highest BCUT2D eigenvalue weighted by Crippen LogP contribution is 2.17. The second kappa shape index (κ2) is 7.27. The summed E-state index contributed by atoms with van der Waals surface area (Å²) >= 11 is 0. The predicted octanol–water partition coefficient (Wildman–Crippen LogP) is 3.60. The quantitative estimate of drug-likeness (QED) is 0.637. The number of hydrogen-bond acceptors (Lipinski definition) is 2. The zero-order valence-corrected chi connectivity index (χ0v) is 9.83. The fraction of sp³-hybridized carbons (Fsp3) is 0.615. The Kier molecular flexibility index (Phi) is 5.83. The number of ether oxygens (including phenoxy) is 1. The normalized spacial score (nSPS) is 10.3. The predicted molar refractivity (Wildman–Crippen MR) is 63.3 cm³/mol. The van der Waals surface area contributed by atoms with E-state index in [2.05, 4.69) is 18.8 Å². The third-order valence-electron chi connectivity index (χ3n) is 2.37. The van der Waals surface area contributed by atoms with Crippen molar-refractivity contribution in [1.29, 1.82) is 0 Å². The van der Waals surface area contributed by atoms with Gasteiger partial charge in [-0.15, -0.1) is 0 Å². The van der Waals surface area contributed by atoms with E-state index in [1.54, 1.807) is 0 Å². The molecule has 1 rings (SSSR count). The number of pyridine rings is 1. The van der Waals surface area contributed by atoms with Crippen LogP contribution in [0.4, 0.5) is 0 Å². The summed E-state index contributed by atoms with van der Waals surface area (Å²) in [5.41, 5.74) is 1.11. The van der Waals surface area contributed by atoms with E-state index in [1.807, 2.05) is 18.3 Å². The fourth-order valence-electron chi connectivity index (χ4n) is 1.41. The molecule has 15 heavy (non-hydrogen) atoms. The molecule has 0 saturated carbocycles. The van der Waals surface area contributed by atoms with Crippen molar-refractivity contribution >= 4 is 0 Å². The molecule has 1 aromatic rings. The molecular formula is C13H21NO. The van der Waals surface area contributed by atoms with E-state index in [9.17, 15) is 0 Å². The molecule has 0 unspecified atom stereocenters. The Balaban J connectivity index is 2.52. The molecule has 84 valence electrons. The van der Waals surface area contributed by atoms with Crippen LogP contribution in [0.3, 0.4) is 0 Å². The van der Waals surface area contributed by atoms with Crippen LogP contribution in [0, 0.1) is 0 Å². The molecule has 0 radical (unpaired) electrons. The molecule has 0 spiro atoms. The lowest BCUT2D eigenvalue weighted by atomic mass is 10.2. The van der Waals surface area contributed by atoms with Gasteiger partial charge in [0.2, 0.25) is 0 Å². The molecule has 1 aromatic heterocycles. The molecule has 2 nitrogen and oxygen atoms in total. The van der Waals surface area contributed by atoms with E-state index < -0.39 is 0 Å². The number of nitrogens with zero attached hydrogens (tertiary/aromatic N) is 1. The molecular weight excluding hydrogens is 186 g/mol. The maximum Gasteiger partial charge on any atom is 0.140 e. The Morgan fingerprint density at radius 1 is 1.20 bits per heavy atom. The summed E-state index contributed by atoms with van der Waals surface area (Å²) in [6.07, 6.45) is 7.54. The fourth-order valence-corrected chi connectivity index (χ4v) is 1.41. The minimum Gasteiger partial charge on any atom is -0.492 e. The van der Waals surface area contributed by atoms with Crippen molar-refractivity contribution in [3.8, 4) is 5.75 Å². The van der Waals surface area contributed by atoms with Gasteiger partial charge >= 0.3 is 0 Å². The molecule has 0 aliphatic rings. The zero-order chi connectivity index (χ0) is 10.9. The Morgan fingerprint density at radius 3 is 2.73 bits per heavy atom. The summed E-state index contributed by atoms with van der Waals surface area (Å²) in [7, 11) is 0. The van der Waals surface area contributed by atoms with Crippen molar-refractivity contribution in [2.75, 3.05) is 6.61 Å². The van der Waals surface area contributed by atoms with Crippen LogP contribution in [0.1, 0.15) is 45.2 Å². The van der Waals surface area contributed by atoms with Crippen molar-refractivity contribution in [2.24, 2.45) is 0 Å². The summed E-state index contributed by atoms with van der Waals surface area (Å²) in [6.45, 7) is 5.17. The molecule has 0 fully saturated rings. The van der Waals surface area contributed by atoms with Gasteiger partial charge in [-0.05, 0) is 31.4 Å². The van der Waals surface area contributed by atoms with Gasteiger partial charge in [0.15, 0.2) is 0 Å². The highest BCUT2D eigenvalue weighted by Gasteiger charge is 2.03. The molecule has 0 N–H and O–H groups in total. The van der Waals surface area contributed by atoms with Crippen LogP contribution in [-0.2, 0) is 6.42 Å². The Bertz CT molecular complexity index is 273. The summed E-state index contributed by atoms with van der Waals surface area (Å²) in [5, 5.41) is 0. The molecule has 0 saturated heterocycles. The van der Waals surface area contributed by atoms with Crippen LogP contribution in [0.5, 0.6) is 5.75 Å². The SMILES string of the molecule is CCCCOc1cccnc1CCCC. The Hall–Kier alpha value is -1.05. The minimum absolute atomic E-state index is 0.807. The molecule has 0 atom stereocenters. The maximum atomic E-state index is 5.71. The Morgan fingerprint density at radius 2 is 2.00 bits per heavy atom. The second-order valence-electron chi connectivity index (χ2n) is 3.75. The smallest absolute Gasteiger partial charge is 0.140 e. The van der Waals surface area contributed by atoms with E-state index >= 15 is 0 Å². The minimum atomic E-state index is 0.807. The van der Waals surface area contributed by atoms with Gasteiger partial charge in [0, 0.05) is 6.20 Å². The summed E-state index contributed by atoms with van der Waals surface area (Å²) < 4.78 is 5.71. The van der Waals surface area contributed by atoms with Gasteiger partial charge in [-0.2, -0.15) is 0 Å². The molecule has 0 aromatic carbocycles. The first-order valence-electron chi connectivity index (χ1n) is 5.95. The van der Waals surface area contributed by atoms with E-state index in [0.29, 0.717) is 0 Å². The first kappa shape index (κ1) is 12.0. The lowest BCUT2D eigenvalue weighted by Gasteiger charge is -2.09.